The standard InChI is InChI=1S/C12H11N5/c1-2-5-13-10(3-1)9-15-12-11-4-6-16-17(11)8-7-14-12/h1-8H,9H2,(H,14,15). The van der Waals surface area contributed by atoms with Crippen molar-refractivity contribution < 1.29 is 0 Å². The minimum atomic E-state index is 0.651. The van der Waals surface area contributed by atoms with Crippen LogP contribution in [0.3, 0.4) is 0 Å². The lowest BCUT2D eigenvalue weighted by atomic mass is 10.3. The second-order valence-corrected chi connectivity index (χ2v) is 3.61. The van der Waals surface area contributed by atoms with Crippen LogP contribution in [0.5, 0.6) is 0 Å². The zero-order chi connectivity index (χ0) is 11.5. The molecule has 0 aromatic carbocycles. The van der Waals surface area contributed by atoms with Crippen molar-refractivity contribution in [1.82, 2.24) is 19.6 Å². The third kappa shape index (κ3) is 1.94. The third-order valence-electron chi connectivity index (χ3n) is 2.49. The summed E-state index contributed by atoms with van der Waals surface area (Å²) in [6, 6.07) is 7.77. The van der Waals surface area contributed by atoms with Crippen molar-refractivity contribution in [3.05, 3.63) is 54.7 Å². The third-order valence-corrected chi connectivity index (χ3v) is 2.49. The lowest BCUT2D eigenvalue weighted by Gasteiger charge is -2.05. The number of nitrogens with zero attached hydrogens (tertiary/aromatic N) is 4. The van der Waals surface area contributed by atoms with Crippen molar-refractivity contribution in [3.8, 4) is 0 Å². The molecule has 3 aromatic heterocycles. The molecule has 0 saturated heterocycles. The Labute approximate surface area is 98.1 Å². The van der Waals surface area contributed by atoms with Gasteiger partial charge in [-0.2, -0.15) is 5.10 Å². The maximum Gasteiger partial charge on any atom is 0.152 e. The van der Waals surface area contributed by atoms with Gasteiger partial charge >= 0.3 is 0 Å². The Morgan fingerprint density at radius 2 is 2.06 bits per heavy atom. The van der Waals surface area contributed by atoms with Crippen molar-refractivity contribution >= 4 is 11.3 Å². The quantitative estimate of drug-likeness (QED) is 0.737. The van der Waals surface area contributed by atoms with Crippen molar-refractivity contribution in [2.45, 2.75) is 6.54 Å². The van der Waals surface area contributed by atoms with Gasteiger partial charge in [0, 0.05) is 18.6 Å². The number of fused-ring (bicyclic) bond motifs is 1. The number of anilines is 1. The minimum absolute atomic E-state index is 0.651. The van der Waals surface area contributed by atoms with Gasteiger partial charge in [-0.15, -0.1) is 0 Å². The van der Waals surface area contributed by atoms with Crippen LogP contribution in [0.1, 0.15) is 5.69 Å². The monoisotopic (exact) mass is 225 g/mol. The fraction of sp³-hybridized carbons (Fsp3) is 0.0833. The summed E-state index contributed by atoms with van der Waals surface area (Å²) in [5, 5.41) is 7.41. The molecule has 5 heteroatoms. The predicted octanol–water partition coefficient (Wildman–Crippen LogP) is 1.74. The Balaban J connectivity index is 1.84. The fourth-order valence-electron chi connectivity index (χ4n) is 1.67. The lowest BCUT2D eigenvalue weighted by molar-refractivity contribution is 0.939. The summed E-state index contributed by atoms with van der Waals surface area (Å²) < 4.78 is 1.79. The molecule has 0 atom stereocenters. The van der Waals surface area contributed by atoms with E-state index in [9.17, 15) is 0 Å². The Hall–Kier alpha value is -2.43. The number of hydrogen-bond acceptors (Lipinski definition) is 4. The molecule has 0 saturated carbocycles. The summed E-state index contributed by atoms with van der Waals surface area (Å²) in [6.07, 6.45) is 7.08. The first-order valence-electron chi connectivity index (χ1n) is 5.35. The van der Waals surface area contributed by atoms with Crippen LogP contribution in [-0.4, -0.2) is 19.6 Å². The molecule has 3 rings (SSSR count). The van der Waals surface area contributed by atoms with Crippen LogP contribution >= 0.6 is 0 Å². The summed E-state index contributed by atoms with van der Waals surface area (Å²) in [5.41, 5.74) is 1.94. The summed E-state index contributed by atoms with van der Waals surface area (Å²) in [4.78, 5) is 8.54. The van der Waals surface area contributed by atoms with E-state index >= 15 is 0 Å². The molecule has 0 unspecified atom stereocenters. The Morgan fingerprint density at radius 3 is 2.94 bits per heavy atom. The molecule has 5 nitrogen and oxygen atoms in total. The molecule has 1 N–H and O–H groups in total. The minimum Gasteiger partial charge on any atom is -0.363 e. The van der Waals surface area contributed by atoms with Gasteiger partial charge < -0.3 is 5.32 Å². The molecule has 0 aliphatic rings. The molecule has 17 heavy (non-hydrogen) atoms. The van der Waals surface area contributed by atoms with Gasteiger partial charge in [0.25, 0.3) is 0 Å². The smallest absolute Gasteiger partial charge is 0.152 e. The molecule has 0 spiro atoms. The molecule has 0 aliphatic carbocycles. The second-order valence-electron chi connectivity index (χ2n) is 3.61. The maximum atomic E-state index is 4.29. The zero-order valence-electron chi connectivity index (χ0n) is 9.11. The highest BCUT2D eigenvalue weighted by atomic mass is 15.2. The molecule has 84 valence electrons. The number of pyridine rings is 1. The van der Waals surface area contributed by atoms with Gasteiger partial charge in [0.1, 0.15) is 5.52 Å². The molecule has 3 heterocycles. The van der Waals surface area contributed by atoms with E-state index in [2.05, 4.69) is 20.4 Å². The van der Waals surface area contributed by atoms with Crippen LogP contribution in [0.25, 0.3) is 5.52 Å². The molecular weight excluding hydrogens is 214 g/mol. The van der Waals surface area contributed by atoms with Gasteiger partial charge in [-0.25, -0.2) is 9.50 Å². The summed E-state index contributed by atoms with van der Waals surface area (Å²) in [7, 11) is 0. The van der Waals surface area contributed by atoms with E-state index in [1.54, 1.807) is 23.1 Å². The molecule has 3 aromatic rings. The zero-order valence-corrected chi connectivity index (χ0v) is 9.11. The molecule has 0 amide bonds. The maximum absolute atomic E-state index is 4.29. The normalized spacial score (nSPS) is 10.6. The van der Waals surface area contributed by atoms with E-state index in [-0.39, 0.29) is 0 Å². The van der Waals surface area contributed by atoms with E-state index in [4.69, 9.17) is 0 Å². The van der Waals surface area contributed by atoms with E-state index in [0.717, 1.165) is 17.0 Å². The van der Waals surface area contributed by atoms with E-state index < -0.39 is 0 Å². The lowest BCUT2D eigenvalue weighted by Crippen LogP contribution is -2.04. The topological polar surface area (TPSA) is 55.1 Å². The number of rotatable bonds is 3. The van der Waals surface area contributed by atoms with Gasteiger partial charge in [-0.05, 0) is 18.2 Å². The largest absolute Gasteiger partial charge is 0.363 e. The molecule has 0 fully saturated rings. The number of hydrogen-bond donors (Lipinski definition) is 1. The van der Waals surface area contributed by atoms with Crippen molar-refractivity contribution in [2.24, 2.45) is 0 Å². The molecule has 0 radical (unpaired) electrons. The summed E-state index contributed by atoms with van der Waals surface area (Å²) in [5.74, 6) is 0.815. The summed E-state index contributed by atoms with van der Waals surface area (Å²) in [6.45, 7) is 0.651. The Kier molecular flexibility index (Phi) is 2.42. The van der Waals surface area contributed by atoms with Crippen LogP contribution < -0.4 is 5.32 Å². The van der Waals surface area contributed by atoms with Crippen LogP contribution in [0.15, 0.2) is 49.1 Å². The van der Waals surface area contributed by atoms with Gasteiger partial charge in [0.15, 0.2) is 5.82 Å². The van der Waals surface area contributed by atoms with Crippen LogP contribution in [0.2, 0.25) is 0 Å². The average molecular weight is 225 g/mol. The van der Waals surface area contributed by atoms with Crippen LogP contribution in [0.4, 0.5) is 5.82 Å². The van der Waals surface area contributed by atoms with E-state index in [0.29, 0.717) is 6.54 Å². The summed E-state index contributed by atoms with van der Waals surface area (Å²) >= 11 is 0. The first-order chi connectivity index (χ1) is 8.43. The Morgan fingerprint density at radius 1 is 1.06 bits per heavy atom. The van der Waals surface area contributed by atoms with Crippen molar-refractivity contribution in [1.29, 1.82) is 0 Å². The highest BCUT2D eigenvalue weighted by Gasteiger charge is 2.02. The number of nitrogens with one attached hydrogen (secondary N) is 1. The van der Waals surface area contributed by atoms with Gasteiger partial charge in [-0.1, -0.05) is 6.07 Å². The SMILES string of the molecule is c1ccc(CNc2nccn3nccc23)nc1. The Bertz CT molecular complexity index is 617. The van der Waals surface area contributed by atoms with Gasteiger partial charge in [0.2, 0.25) is 0 Å². The second kappa shape index (κ2) is 4.21. The first-order valence-corrected chi connectivity index (χ1v) is 5.35. The van der Waals surface area contributed by atoms with Crippen LogP contribution in [-0.2, 0) is 6.54 Å². The molecular formula is C12H11N5. The van der Waals surface area contributed by atoms with Gasteiger partial charge in [0.05, 0.1) is 18.4 Å². The van der Waals surface area contributed by atoms with E-state index in [1.807, 2.05) is 30.5 Å². The van der Waals surface area contributed by atoms with Crippen molar-refractivity contribution in [2.75, 3.05) is 5.32 Å². The van der Waals surface area contributed by atoms with Crippen LogP contribution in [0, 0.1) is 0 Å². The van der Waals surface area contributed by atoms with Crippen molar-refractivity contribution in [3.63, 3.8) is 0 Å². The number of aromatic nitrogens is 4. The molecule has 0 bridgehead atoms. The first kappa shape index (κ1) is 9.77. The van der Waals surface area contributed by atoms with Gasteiger partial charge in [-0.3, -0.25) is 4.98 Å². The fourth-order valence-corrected chi connectivity index (χ4v) is 1.67. The highest BCUT2D eigenvalue weighted by molar-refractivity contribution is 5.66. The predicted molar refractivity (Wildman–Crippen MR) is 64.6 cm³/mol. The van der Waals surface area contributed by atoms with E-state index in [1.165, 1.54) is 0 Å². The average Bonchev–Trinajstić information content (AvgIpc) is 2.86. The highest BCUT2D eigenvalue weighted by Crippen LogP contribution is 2.12. The molecule has 0 aliphatic heterocycles.